The first-order valence-electron chi connectivity index (χ1n) is 8.47. The molecule has 3 rings (SSSR count). The topological polar surface area (TPSA) is 59.4 Å². The van der Waals surface area contributed by atoms with Crippen LogP contribution >= 0.6 is 0 Å². The number of amides is 1. The first kappa shape index (κ1) is 17.2. The van der Waals surface area contributed by atoms with Gasteiger partial charge in [-0.05, 0) is 32.1 Å². The van der Waals surface area contributed by atoms with Crippen molar-refractivity contribution in [2.75, 3.05) is 36.5 Å². The third-order valence-electron chi connectivity index (χ3n) is 4.48. The number of anilines is 2. The maximum absolute atomic E-state index is 12.4. The van der Waals surface area contributed by atoms with Gasteiger partial charge >= 0.3 is 0 Å². The first-order chi connectivity index (χ1) is 12.1. The molecule has 25 heavy (non-hydrogen) atoms. The van der Waals surface area contributed by atoms with E-state index in [1.165, 1.54) is 0 Å². The summed E-state index contributed by atoms with van der Waals surface area (Å²) >= 11 is 0. The molecule has 1 aliphatic heterocycles. The van der Waals surface area contributed by atoms with Crippen molar-refractivity contribution in [1.29, 1.82) is 0 Å². The van der Waals surface area contributed by atoms with Crippen molar-refractivity contribution in [3.05, 3.63) is 47.3 Å². The Morgan fingerprint density at radius 2 is 1.96 bits per heavy atom. The third-order valence-corrected chi connectivity index (χ3v) is 4.48. The summed E-state index contributed by atoms with van der Waals surface area (Å²) in [4.78, 5) is 14.6. The lowest BCUT2D eigenvalue weighted by Crippen LogP contribution is -2.36. The van der Waals surface area contributed by atoms with Crippen LogP contribution in [0.2, 0.25) is 0 Å². The number of rotatable bonds is 4. The second-order valence-electron chi connectivity index (χ2n) is 6.15. The van der Waals surface area contributed by atoms with E-state index >= 15 is 0 Å². The third kappa shape index (κ3) is 3.91. The molecule has 0 radical (unpaired) electrons. The zero-order valence-electron chi connectivity index (χ0n) is 15.0. The van der Waals surface area contributed by atoms with E-state index < -0.39 is 0 Å². The first-order valence-corrected chi connectivity index (χ1v) is 8.47. The summed E-state index contributed by atoms with van der Waals surface area (Å²) in [5, 5.41) is 7.35. The van der Waals surface area contributed by atoms with Crippen molar-refractivity contribution in [2.45, 2.75) is 13.8 Å². The highest BCUT2D eigenvalue weighted by Gasteiger charge is 2.15. The second-order valence-corrected chi connectivity index (χ2v) is 6.15. The number of morpholine rings is 1. The van der Waals surface area contributed by atoms with E-state index in [2.05, 4.69) is 15.3 Å². The number of nitrogens with zero attached hydrogens (tertiary/aromatic N) is 3. The summed E-state index contributed by atoms with van der Waals surface area (Å²) in [6.45, 7) is 7.01. The van der Waals surface area contributed by atoms with Gasteiger partial charge in [0.1, 0.15) is 0 Å². The lowest BCUT2D eigenvalue weighted by atomic mass is 10.2. The largest absolute Gasteiger partial charge is 0.378 e. The molecule has 1 aromatic carbocycles. The SMILES string of the molecule is Cc1nn(C)c(C)c1/C=C/C(=O)Nc1ccccc1N1CCOCC1. The quantitative estimate of drug-likeness (QED) is 0.869. The summed E-state index contributed by atoms with van der Waals surface area (Å²) in [5.41, 5.74) is 4.78. The maximum Gasteiger partial charge on any atom is 0.248 e. The van der Waals surface area contributed by atoms with Gasteiger partial charge in [-0.15, -0.1) is 0 Å². The van der Waals surface area contributed by atoms with Crippen molar-refractivity contribution in [1.82, 2.24) is 9.78 Å². The molecule has 0 bridgehead atoms. The van der Waals surface area contributed by atoms with Crippen molar-refractivity contribution in [2.24, 2.45) is 7.05 Å². The zero-order valence-corrected chi connectivity index (χ0v) is 15.0. The van der Waals surface area contributed by atoms with Gasteiger partial charge in [-0.3, -0.25) is 9.48 Å². The lowest BCUT2D eigenvalue weighted by molar-refractivity contribution is -0.111. The van der Waals surface area contributed by atoms with Crippen LogP contribution in [-0.2, 0) is 16.6 Å². The van der Waals surface area contributed by atoms with Gasteiger partial charge in [0.05, 0.1) is 30.3 Å². The summed E-state index contributed by atoms with van der Waals surface area (Å²) in [5.74, 6) is -0.150. The fourth-order valence-corrected chi connectivity index (χ4v) is 3.02. The Morgan fingerprint density at radius 1 is 1.24 bits per heavy atom. The van der Waals surface area contributed by atoms with Crippen LogP contribution in [0.1, 0.15) is 17.0 Å². The molecule has 6 heteroatoms. The number of hydrogen-bond donors (Lipinski definition) is 1. The molecule has 6 nitrogen and oxygen atoms in total. The van der Waals surface area contributed by atoms with Crippen LogP contribution in [0.4, 0.5) is 11.4 Å². The van der Waals surface area contributed by atoms with Crippen LogP contribution in [0.3, 0.4) is 0 Å². The van der Waals surface area contributed by atoms with Gasteiger partial charge in [0.15, 0.2) is 0 Å². The summed E-state index contributed by atoms with van der Waals surface area (Å²) in [7, 11) is 1.90. The molecule has 1 N–H and O–H groups in total. The standard InChI is InChI=1S/C19H24N4O2/c1-14-16(15(2)22(3)21-14)8-9-19(24)20-17-6-4-5-7-18(17)23-10-12-25-13-11-23/h4-9H,10-13H2,1-3H3,(H,20,24)/b9-8+. The molecule has 0 aliphatic carbocycles. The molecule has 0 saturated carbocycles. The number of nitrogens with one attached hydrogen (secondary N) is 1. The molecule has 1 amide bonds. The molecule has 1 saturated heterocycles. The van der Waals surface area contributed by atoms with Gasteiger partial charge < -0.3 is 15.0 Å². The Kier molecular flexibility index (Phi) is 5.19. The molecular weight excluding hydrogens is 316 g/mol. The van der Waals surface area contributed by atoms with E-state index in [1.807, 2.05) is 55.9 Å². The minimum absolute atomic E-state index is 0.150. The number of aromatic nitrogens is 2. The van der Waals surface area contributed by atoms with Gasteiger partial charge in [0.2, 0.25) is 5.91 Å². The number of carbonyl (C=O) groups is 1. The van der Waals surface area contributed by atoms with E-state index in [0.717, 1.165) is 41.4 Å². The van der Waals surface area contributed by atoms with Gasteiger partial charge in [-0.25, -0.2) is 0 Å². The molecule has 132 valence electrons. The van der Waals surface area contributed by atoms with Crippen LogP contribution < -0.4 is 10.2 Å². The van der Waals surface area contributed by atoms with E-state index in [1.54, 1.807) is 6.08 Å². The predicted molar refractivity (Wildman–Crippen MR) is 99.8 cm³/mol. The molecule has 0 atom stereocenters. The highest BCUT2D eigenvalue weighted by atomic mass is 16.5. The smallest absolute Gasteiger partial charge is 0.248 e. The van der Waals surface area contributed by atoms with Crippen LogP contribution in [0.25, 0.3) is 6.08 Å². The summed E-state index contributed by atoms with van der Waals surface area (Å²) < 4.78 is 7.23. The number of aryl methyl sites for hydroxylation is 2. The molecule has 0 spiro atoms. The van der Waals surface area contributed by atoms with E-state index in [-0.39, 0.29) is 5.91 Å². The van der Waals surface area contributed by atoms with Gasteiger partial charge in [-0.1, -0.05) is 12.1 Å². The zero-order chi connectivity index (χ0) is 17.8. The van der Waals surface area contributed by atoms with Crippen molar-refractivity contribution in [3.8, 4) is 0 Å². The van der Waals surface area contributed by atoms with Crippen molar-refractivity contribution < 1.29 is 9.53 Å². The van der Waals surface area contributed by atoms with E-state index in [0.29, 0.717) is 13.2 Å². The average Bonchev–Trinajstić information content (AvgIpc) is 2.86. The van der Waals surface area contributed by atoms with Gasteiger partial charge in [0.25, 0.3) is 0 Å². The van der Waals surface area contributed by atoms with Crippen molar-refractivity contribution in [3.63, 3.8) is 0 Å². The molecular formula is C19H24N4O2. The van der Waals surface area contributed by atoms with Crippen LogP contribution in [0.5, 0.6) is 0 Å². The monoisotopic (exact) mass is 340 g/mol. The van der Waals surface area contributed by atoms with Crippen LogP contribution in [0, 0.1) is 13.8 Å². The normalized spacial score (nSPS) is 14.9. The number of ether oxygens (including phenoxy) is 1. The van der Waals surface area contributed by atoms with E-state index in [9.17, 15) is 4.79 Å². The molecule has 2 heterocycles. The number of carbonyl (C=O) groups excluding carboxylic acids is 1. The Hall–Kier alpha value is -2.60. The number of benzene rings is 1. The van der Waals surface area contributed by atoms with Gasteiger partial charge in [-0.2, -0.15) is 5.10 Å². The fourth-order valence-electron chi connectivity index (χ4n) is 3.02. The summed E-state index contributed by atoms with van der Waals surface area (Å²) in [6, 6.07) is 7.87. The Bertz CT molecular complexity index is 789. The number of para-hydroxylation sites is 2. The minimum Gasteiger partial charge on any atom is -0.378 e. The Balaban J connectivity index is 1.74. The molecule has 0 unspecified atom stereocenters. The molecule has 1 aliphatic rings. The number of hydrogen-bond acceptors (Lipinski definition) is 4. The highest BCUT2D eigenvalue weighted by molar-refractivity contribution is 6.03. The van der Waals surface area contributed by atoms with Crippen LogP contribution in [0.15, 0.2) is 30.3 Å². The highest BCUT2D eigenvalue weighted by Crippen LogP contribution is 2.26. The predicted octanol–water partition coefficient (Wildman–Crippen LogP) is 2.53. The molecule has 1 aromatic heterocycles. The maximum atomic E-state index is 12.4. The summed E-state index contributed by atoms with van der Waals surface area (Å²) in [6.07, 6.45) is 3.39. The molecule has 2 aromatic rings. The lowest BCUT2D eigenvalue weighted by Gasteiger charge is -2.30. The Morgan fingerprint density at radius 3 is 2.64 bits per heavy atom. The second kappa shape index (κ2) is 7.53. The van der Waals surface area contributed by atoms with Crippen LogP contribution in [-0.4, -0.2) is 42.0 Å². The molecule has 1 fully saturated rings. The van der Waals surface area contributed by atoms with Crippen molar-refractivity contribution >= 4 is 23.4 Å². The van der Waals surface area contributed by atoms with Gasteiger partial charge in [0, 0.05) is 37.5 Å². The van der Waals surface area contributed by atoms with E-state index in [4.69, 9.17) is 4.74 Å². The average molecular weight is 340 g/mol. The Labute approximate surface area is 148 Å². The minimum atomic E-state index is -0.150. The fraction of sp³-hybridized carbons (Fsp3) is 0.368.